The predicted molar refractivity (Wildman–Crippen MR) is 141 cm³/mol. The van der Waals surface area contributed by atoms with Crippen molar-refractivity contribution >= 4 is 39.4 Å². The van der Waals surface area contributed by atoms with E-state index in [-0.39, 0.29) is 5.91 Å². The Hall–Kier alpha value is -3.10. The van der Waals surface area contributed by atoms with E-state index in [4.69, 9.17) is 13.8 Å². The molecule has 0 radical (unpaired) electrons. The molecule has 1 aliphatic carbocycles. The number of hydrogen-bond donors (Lipinski definition) is 1. The topological polar surface area (TPSA) is 66.9 Å². The van der Waals surface area contributed by atoms with Crippen LogP contribution in [0.15, 0.2) is 48.5 Å². The minimum absolute atomic E-state index is 0.0716. The number of amides is 1. The number of piperazine rings is 1. The van der Waals surface area contributed by atoms with Crippen LogP contribution >= 0.6 is 11.5 Å². The van der Waals surface area contributed by atoms with Gasteiger partial charge in [-0.2, -0.15) is 4.37 Å². The Bertz CT molecular complexity index is 1200. The summed E-state index contributed by atoms with van der Waals surface area (Å²) in [6.45, 7) is 6.01. The molecule has 5 rings (SSSR count). The number of benzene rings is 2. The first-order chi connectivity index (χ1) is 17.1. The fourth-order valence-electron chi connectivity index (χ4n) is 4.77. The third-order valence-corrected chi connectivity index (χ3v) is 7.80. The van der Waals surface area contributed by atoms with E-state index in [0.29, 0.717) is 17.6 Å². The molecule has 2 heterocycles. The quantitative estimate of drug-likeness (QED) is 0.457. The molecule has 2 fully saturated rings. The second kappa shape index (κ2) is 10.7. The molecule has 184 valence electrons. The zero-order valence-electron chi connectivity index (χ0n) is 20.3. The SMILES string of the molecule is COc1ccc(C=CC(=O)NCC2CC2CN2CCN(c3nsc4ccccc34)CC2)c(OC)c1. The average molecular weight is 493 g/mol. The highest BCUT2D eigenvalue weighted by atomic mass is 32.1. The Kier molecular flexibility index (Phi) is 7.20. The maximum Gasteiger partial charge on any atom is 0.244 e. The van der Waals surface area contributed by atoms with Crippen molar-refractivity contribution in [3.63, 3.8) is 0 Å². The van der Waals surface area contributed by atoms with E-state index < -0.39 is 0 Å². The Morgan fingerprint density at radius 2 is 1.94 bits per heavy atom. The van der Waals surface area contributed by atoms with Crippen LogP contribution in [-0.2, 0) is 4.79 Å². The zero-order valence-corrected chi connectivity index (χ0v) is 21.1. The van der Waals surface area contributed by atoms with Gasteiger partial charge in [0, 0.05) is 62.4 Å². The Balaban J connectivity index is 1.04. The summed E-state index contributed by atoms with van der Waals surface area (Å²) in [6.07, 6.45) is 4.54. The first kappa shape index (κ1) is 23.6. The third kappa shape index (κ3) is 5.60. The van der Waals surface area contributed by atoms with Crippen LogP contribution < -0.4 is 19.7 Å². The van der Waals surface area contributed by atoms with Crippen molar-refractivity contribution in [1.82, 2.24) is 14.6 Å². The van der Waals surface area contributed by atoms with Crippen LogP contribution in [0.25, 0.3) is 16.2 Å². The number of ether oxygens (including phenoxy) is 2. The van der Waals surface area contributed by atoms with E-state index in [1.807, 2.05) is 18.2 Å². The van der Waals surface area contributed by atoms with Gasteiger partial charge in [0.15, 0.2) is 0 Å². The van der Waals surface area contributed by atoms with E-state index in [0.717, 1.165) is 56.4 Å². The minimum Gasteiger partial charge on any atom is -0.497 e. The van der Waals surface area contributed by atoms with Gasteiger partial charge in [-0.3, -0.25) is 9.69 Å². The number of rotatable bonds is 9. The standard InChI is InChI=1S/C27H32N4O3S/c1-33-22-9-7-19(24(16-22)34-2)8-10-26(32)28-17-20-15-21(20)18-30-11-13-31(14-12-30)27-23-5-3-4-6-25(23)35-29-27/h3-10,16,20-21H,11-15,17-18H2,1-2H3,(H,28,32). The summed E-state index contributed by atoms with van der Waals surface area (Å²) in [6, 6.07) is 14.0. The van der Waals surface area contributed by atoms with E-state index in [9.17, 15) is 4.79 Å². The van der Waals surface area contributed by atoms with Crippen LogP contribution in [0.4, 0.5) is 5.82 Å². The van der Waals surface area contributed by atoms with Crippen molar-refractivity contribution in [2.75, 3.05) is 58.4 Å². The number of carbonyl (C=O) groups is 1. The summed E-state index contributed by atoms with van der Waals surface area (Å²) in [5.74, 6) is 3.71. The lowest BCUT2D eigenvalue weighted by atomic mass is 10.1. The van der Waals surface area contributed by atoms with Crippen molar-refractivity contribution in [2.45, 2.75) is 6.42 Å². The first-order valence-corrected chi connectivity index (χ1v) is 12.9. The molecule has 1 saturated heterocycles. The second-order valence-electron chi connectivity index (χ2n) is 9.23. The van der Waals surface area contributed by atoms with Crippen LogP contribution in [0, 0.1) is 11.8 Å². The van der Waals surface area contributed by atoms with Crippen molar-refractivity contribution < 1.29 is 14.3 Å². The molecule has 0 spiro atoms. The van der Waals surface area contributed by atoms with Crippen LogP contribution in [0.5, 0.6) is 11.5 Å². The van der Waals surface area contributed by atoms with Gasteiger partial charge in [0.1, 0.15) is 17.3 Å². The molecule has 1 amide bonds. The highest BCUT2D eigenvalue weighted by molar-refractivity contribution is 7.13. The maximum absolute atomic E-state index is 12.3. The molecular formula is C27H32N4O3S. The van der Waals surface area contributed by atoms with Crippen LogP contribution in [0.1, 0.15) is 12.0 Å². The second-order valence-corrected chi connectivity index (χ2v) is 10.0. The summed E-state index contributed by atoms with van der Waals surface area (Å²) in [5.41, 5.74) is 0.845. The normalized spacial score (nSPS) is 20.3. The number of aromatic nitrogens is 1. The molecule has 3 aromatic rings. The summed E-state index contributed by atoms with van der Waals surface area (Å²) < 4.78 is 16.6. The highest BCUT2D eigenvalue weighted by Gasteiger charge is 2.38. The molecule has 2 atom stereocenters. The maximum atomic E-state index is 12.3. The highest BCUT2D eigenvalue weighted by Crippen LogP contribution is 2.39. The summed E-state index contributed by atoms with van der Waals surface area (Å²) in [4.78, 5) is 17.3. The molecule has 1 aliphatic heterocycles. The Labute approximate surface area is 210 Å². The minimum atomic E-state index is -0.0716. The molecule has 1 aromatic heterocycles. The van der Waals surface area contributed by atoms with Crippen LogP contribution in [0.3, 0.4) is 0 Å². The van der Waals surface area contributed by atoms with Gasteiger partial charge >= 0.3 is 0 Å². The first-order valence-electron chi connectivity index (χ1n) is 12.1. The molecule has 2 aliphatic rings. The molecule has 8 heteroatoms. The molecule has 35 heavy (non-hydrogen) atoms. The fourth-order valence-corrected chi connectivity index (χ4v) is 5.57. The van der Waals surface area contributed by atoms with Gasteiger partial charge in [0.25, 0.3) is 0 Å². The Morgan fingerprint density at radius 1 is 1.11 bits per heavy atom. The van der Waals surface area contributed by atoms with E-state index in [1.54, 1.807) is 37.9 Å². The Morgan fingerprint density at radius 3 is 2.74 bits per heavy atom. The monoisotopic (exact) mass is 492 g/mol. The van der Waals surface area contributed by atoms with E-state index >= 15 is 0 Å². The van der Waals surface area contributed by atoms with Gasteiger partial charge in [0.05, 0.1) is 18.9 Å². The molecule has 2 unspecified atom stereocenters. The molecule has 1 N–H and O–H groups in total. The fraction of sp³-hybridized carbons (Fsp3) is 0.407. The van der Waals surface area contributed by atoms with Gasteiger partial charge in [-0.1, -0.05) is 12.1 Å². The largest absolute Gasteiger partial charge is 0.497 e. The third-order valence-electron chi connectivity index (χ3n) is 6.99. The van der Waals surface area contributed by atoms with Crippen LogP contribution in [0.2, 0.25) is 0 Å². The van der Waals surface area contributed by atoms with Gasteiger partial charge in [0.2, 0.25) is 5.91 Å². The number of carbonyl (C=O) groups excluding carboxylic acids is 1. The lowest BCUT2D eigenvalue weighted by Crippen LogP contribution is -2.47. The van der Waals surface area contributed by atoms with Crippen molar-refractivity contribution in [3.05, 3.63) is 54.1 Å². The van der Waals surface area contributed by atoms with Gasteiger partial charge in [-0.05, 0) is 60.1 Å². The van der Waals surface area contributed by atoms with E-state index in [2.05, 4.69) is 39.4 Å². The molecule has 2 aromatic carbocycles. The van der Waals surface area contributed by atoms with Gasteiger partial charge in [-0.25, -0.2) is 0 Å². The molecule has 7 nitrogen and oxygen atoms in total. The summed E-state index contributed by atoms with van der Waals surface area (Å²) >= 11 is 1.59. The number of hydrogen-bond acceptors (Lipinski definition) is 7. The van der Waals surface area contributed by atoms with Crippen molar-refractivity contribution in [3.8, 4) is 11.5 Å². The summed E-state index contributed by atoms with van der Waals surface area (Å²) in [7, 11) is 3.23. The van der Waals surface area contributed by atoms with Crippen LogP contribution in [-0.4, -0.2) is 68.7 Å². The lowest BCUT2D eigenvalue weighted by molar-refractivity contribution is -0.116. The summed E-state index contributed by atoms with van der Waals surface area (Å²) in [5, 5.41) is 4.33. The van der Waals surface area contributed by atoms with Crippen molar-refractivity contribution in [2.24, 2.45) is 11.8 Å². The molecule has 1 saturated carbocycles. The van der Waals surface area contributed by atoms with Crippen molar-refractivity contribution in [1.29, 1.82) is 0 Å². The van der Waals surface area contributed by atoms with Gasteiger partial charge < -0.3 is 19.7 Å². The molecule has 0 bridgehead atoms. The average Bonchev–Trinajstić information content (AvgIpc) is 3.50. The van der Waals surface area contributed by atoms with Gasteiger partial charge in [-0.15, -0.1) is 0 Å². The number of fused-ring (bicyclic) bond motifs is 1. The number of anilines is 1. The smallest absolute Gasteiger partial charge is 0.244 e. The number of nitrogens with one attached hydrogen (secondary N) is 1. The molecular weight excluding hydrogens is 460 g/mol. The number of nitrogens with zero attached hydrogens (tertiary/aromatic N) is 3. The zero-order chi connectivity index (χ0) is 24.2. The predicted octanol–water partition coefficient (Wildman–Crippen LogP) is 3.90. The number of methoxy groups -OCH3 is 2. The lowest BCUT2D eigenvalue weighted by Gasteiger charge is -2.35. The van der Waals surface area contributed by atoms with E-state index in [1.165, 1.54) is 16.5 Å².